The van der Waals surface area contributed by atoms with Crippen molar-refractivity contribution in [2.24, 2.45) is 0 Å². The first kappa shape index (κ1) is 15.4. The number of nitrogens with zero attached hydrogens (tertiary/aromatic N) is 1. The molecule has 0 N–H and O–H groups in total. The largest absolute Gasteiger partial charge is 0.283 e. The first-order valence-electron chi connectivity index (χ1n) is 5.11. The summed E-state index contributed by atoms with van der Waals surface area (Å²) in [6.45, 7) is 6.15. The smallest absolute Gasteiger partial charge is 0.282 e. The molecule has 0 saturated heterocycles. The van der Waals surface area contributed by atoms with E-state index in [0.717, 1.165) is 18.6 Å². The van der Waals surface area contributed by atoms with Gasteiger partial charge in [-0.25, -0.2) is 0 Å². The molecule has 0 radical (unpaired) electrons. The SMILES string of the molecule is CCCSP(=O)(SC(C)CC)N(C)C=O. The molecule has 0 fully saturated rings. The second kappa shape index (κ2) is 7.64. The quantitative estimate of drug-likeness (QED) is 0.495. The fourth-order valence-electron chi connectivity index (χ4n) is 0.762. The van der Waals surface area contributed by atoms with Crippen molar-refractivity contribution in [2.75, 3.05) is 12.8 Å². The van der Waals surface area contributed by atoms with E-state index in [1.165, 1.54) is 27.4 Å². The average molecular weight is 269 g/mol. The molecule has 0 aromatic rings. The van der Waals surface area contributed by atoms with Gasteiger partial charge in [0.05, 0.1) is 0 Å². The Balaban J connectivity index is 4.54. The van der Waals surface area contributed by atoms with Gasteiger partial charge in [0.1, 0.15) is 0 Å². The molecule has 0 aliphatic carbocycles. The van der Waals surface area contributed by atoms with E-state index >= 15 is 0 Å². The summed E-state index contributed by atoms with van der Waals surface area (Å²) < 4.78 is 13.8. The molecule has 2 atom stereocenters. The number of carbonyl (C=O) groups is 1. The van der Waals surface area contributed by atoms with Crippen LogP contribution in [0, 0.1) is 0 Å². The highest BCUT2D eigenvalue weighted by Crippen LogP contribution is 2.71. The molecule has 0 bridgehead atoms. The highest BCUT2D eigenvalue weighted by atomic mass is 33.1. The number of carbonyl (C=O) groups excluding carboxylic acids is 1. The molecule has 2 unspecified atom stereocenters. The predicted molar refractivity (Wildman–Crippen MR) is 71.5 cm³/mol. The maximum atomic E-state index is 12.5. The van der Waals surface area contributed by atoms with E-state index in [1.54, 1.807) is 7.05 Å². The summed E-state index contributed by atoms with van der Waals surface area (Å²) >= 11 is 2.85. The Kier molecular flexibility index (Phi) is 7.84. The molecule has 0 aromatic carbocycles. The van der Waals surface area contributed by atoms with Gasteiger partial charge in [-0.1, -0.05) is 43.5 Å². The van der Waals surface area contributed by atoms with Crippen LogP contribution in [0.1, 0.15) is 33.6 Å². The van der Waals surface area contributed by atoms with E-state index in [4.69, 9.17) is 0 Å². The number of amides is 1. The number of hydrogen-bond acceptors (Lipinski definition) is 4. The van der Waals surface area contributed by atoms with Crippen LogP contribution in [0.2, 0.25) is 0 Å². The molecule has 0 spiro atoms. The van der Waals surface area contributed by atoms with Crippen molar-refractivity contribution in [1.82, 2.24) is 4.67 Å². The van der Waals surface area contributed by atoms with Gasteiger partial charge in [0, 0.05) is 18.1 Å². The van der Waals surface area contributed by atoms with Crippen molar-refractivity contribution in [3.8, 4) is 0 Å². The summed E-state index contributed by atoms with van der Waals surface area (Å²) in [5, 5.41) is 0.322. The molecule has 0 aliphatic heterocycles. The summed E-state index contributed by atoms with van der Waals surface area (Å²) in [6, 6.07) is 0. The van der Waals surface area contributed by atoms with Crippen molar-refractivity contribution in [2.45, 2.75) is 38.9 Å². The minimum atomic E-state index is -2.60. The van der Waals surface area contributed by atoms with E-state index in [0.29, 0.717) is 11.7 Å². The van der Waals surface area contributed by atoms with Crippen LogP contribution < -0.4 is 0 Å². The Labute approximate surface area is 101 Å². The fraction of sp³-hybridized carbons (Fsp3) is 0.889. The van der Waals surface area contributed by atoms with Gasteiger partial charge >= 0.3 is 0 Å². The van der Waals surface area contributed by atoms with Gasteiger partial charge in [0.2, 0.25) is 6.41 Å². The van der Waals surface area contributed by atoms with Gasteiger partial charge < -0.3 is 0 Å². The van der Waals surface area contributed by atoms with E-state index in [-0.39, 0.29) is 0 Å². The molecule has 0 rings (SSSR count). The van der Waals surface area contributed by atoms with Crippen LogP contribution in [-0.4, -0.2) is 29.1 Å². The lowest BCUT2D eigenvalue weighted by Crippen LogP contribution is -2.10. The molecule has 6 heteroatoms. The van der Waals surface area contributed by atoms with Crippen LogP contribution in [0.5, 0.6) is 0 Å². The Morgan fingerprint density at radius 1 is 1.47 bits per heavy atom. The molecular weight excluding hydrogens is 249 g/mol. The lowest BCUT2D eigenvalue weighted by atomic mass is 10.4. The lowest BCUT2D eigenvalue weighted by Gasteiger charge is -2.25. The summed E-state index contributed by atoms with van der Waals surface area (Å²) in [6.07, 6.45) is 2.61. The third-order valence-electron chi connectivity index (χ3n) is 1.89. The lowest BCUT2D eigenvalue weighted by molar-refractivity contribution is -0.113. The van der Waals surface area contributed by atoms with Crippen molar-refractivity contribution >= 4 is 34.9 Å². The van der Waals surface area contributed by atoms with Crippen molar-refractivity contribution < 1.29 is 9.36 Å². The topological polar surface area (TPSA) is 37.4 Å². The zero-order valence-electron chi connectivity index (χ0n) is 9.80. The molecule has 0 saturated carbocycles. The minimum Gasteiger partial charge on any atom is -0.283 e. The highest BCUT2D eigenvalue weighted by molar-refractivity contribution is 8.90. The molecule has 0 aliphatic rings. The maximum absolute atomic E-state index is 12.5. The molecule has 1 amide bonds. The zero-order chi connectivity index (χ0) is 11.9. The highest BCUT2D eigenvalue weighted by Gasteiger charge is 2.30. The first-order valence-corrected chi connectivity index (χ1v) is 9.85. The van der Waals surface area contributed by atoms with Crippen LogP contribution in [0.3, 0.4) is 0 Å². The normalized spacial score (nSPS) is 16.8. The molecular formula is C9H20NO2PS2. The Hall–Kier alpha value is 0.400. The van der Waals surface area contributed by atoms with E-state index < -0.39 is 5.70 Å². The summed E-state index contributed by atoms with van der Waals surface area (Å²) in [5.74, 6) is 0.832. The maximum Gasteiger partial charge on any atom is 0.282 e. The summed E-state index contributed by atoms with van der Waals surface area (Å²) in [5.41, 5.74) is -2.60. The Morgan fingerprint density at radius 3 is 2.47 bits per heavy atom. The van der Waals surface area contributed by atoms with Gasteiger partial charge in [-0.05, 0) is 12.8 Å². The van der Waals surface area contributed by atoms with Gasteiger partial charge in [-0.15, -0.1) is 0 Å². The van der Waals surface area contributed by atoms with Crippen molar-refractivity contribution in [3.05, 3.63) is 0 Å². The van der Waals surface area contributed by atoms with Crippen molar-refractivity contribution in [3.63, 3.8) is 0 Å². The predicted octanol–water partition coefficient (Wildman–Crippen LogP) is 3.86. The van der Waals surface area contributed by atoms with Crippen LogP contribution in [0.25, 0.3) is 0 Å². The third kappa shape index (κ3) is 5.32. The molecule has 0 heterocycles. The second-order valence-corrected chi connectivity index (χ2v) is 11.6. The zero-order valence-corrected chi connectivity index (χ0v) is 12.3. The summed E-state index contributed by atoms with van der Waals surface area (Å²) in [7, 11) is 1.60. The van der Waals surface area contributed by atoms with Crippen LogP contribution in [0.4, 0.5) is 0 Å². The van der Waals surface area contributed by atoms with Gasteiger partial charge in [-0.3, -0.25) is 14.0 Å². The van der Waals surface area contributed by atoms with E-state index in [9.17, 15) is 9.36 Å². The van der Waals surface area contributed by atoms with Crippen LogP contribution >= 0.6 is 28.5 Å². The van der Waals surface area contributed by atoms with Crippen molar-refractivity contribution in [1.29, 1.82) is 0 Å². The van der Waals surface area contributed by atoms with Crippen LogP contribution in [-0.2, 0) is 9.36 Å². The third-order valence-corrected chi connectivity index (χ3v) is 11.3. The van der Waals surface area contributed by atoms with E-state index in [2.05, 4.69) is 6.92 Å². The number of rotatable bonds is 8. The fourth-order valence-corrected chi connectivity index (χ4v) is 9.28. The van der Waals surface area contributed by atoms with E-state index in [1.807, 2.05) is 13.8 Å². The Morgan fingerprint density at radius 2 is 2.07 bits per heavy atom. The monoisotopic (exact) mass is 269 g/mol. The molecule has 3 nitrogen and oxygen atoms in total. The number of hydrogen-bond donors (Lipinski definition) is 0. The molecule has 15 heavy (non-hydrogen) atoms. The Bertz CT molecular complexity index is 238. The minimum absolute atomic E-state index is 0.322. The molecule has 0 aromatic heterocycles. The second-order valence-electron chi connectivity index (χ2n) is 3.31. The van der Waals surface area contributed by atoms with Gasteiger partial charge in [0.15, 0.2) is 0 Å². The summed E-state index contributed by atoms with van der Waals surface area (Å²) in [4.78, 5) is 10.7. The molecule has 90 valence electrons. The van der Waals surface area contributed by atoms with Crippen LogP contribution in [0.15, 0.2) is 0 Å². The van der Waals surface area contributed by atoms with Gasteiger partial charge in [-0.2, -0.15) is 0 Å². The first-order chi connectivity index (χ1) is 7.00. The standard InChI is InChI=1S/C9H20NO2PS2/c1-5-7-14-13(12,10(4)8-11)15-9(3)6-2/h8-9H,5-7H2,1-4H3. The van der Waals surface area contributed by atoms with Gasteiger partial charge in [0.25, 0.3) is 5.70 Å². The average Bonchev–Trinajstić information content (AvgIpc) is 2.24.